The van der Waals surface area contributed by atoms with Crippen LogP contribution >= 0.6 is 0 Å². The molecule has 1 atom stereocenters. The van der Waals surface area contributed by atoms with Crippen molar-refractivity contribution in [1.29, 1.82) is 0 Å². The van der Waals surface area contributed by atoms with Crippen molar-refractivity contribution in [3.63, 3.8) is 0 Å². The van der Waals surface area contributed by atoms with Crippen molar-refractivity contribution < 1.29 is 4.79 Å². The highest BCUT2D eigenvalue weighted by Gasteiger charge is 2.22. The van der Waals surface area contributed by atoms with Gasteiger partial charge in [0.15, 0.2) is 0 Å². The molecule has 3 aromatic heterocycles. The van der Waals surface area contributed by atoms with Crippen LogP contribution in [0.15, 0.2) is 73.4 Å². The summed E-state index contributed by atoms with van der Waals surface area (Å²) in [6.45, 7) is 1.95. The van der Waals surface area contributed by atoms with E-state index in [0.717, 1.165) is 27.9 Å². The van der Waals surface area contributed by atoms with Crippen molar-refractivity contribution >= 4 is 16.8 Å². The third kappa shape index (κ3) is 3.32. The van der Waals surface area contributed by atoms with Crippen LogP contribution in [-0.2, 0) is 0 Å². The average Bonchev–Trinajstić information content (AvgIpc) is 2.78. The Morgan fingerprint density at radius 1 is 1.00 bits per heavy atom. The zero-order chi connectivity index (χ0) is 19.5. The van der Waals surface area contributed by atoms with E-state index in [0.29, 0.717) is 5.56 Å². The van der Waals surface area contributed by atoms with Gasteiger partial charge in [0.05, 0.1) is 28.5 Å². The Morgan fingerprint density at radius 3 is 2.50 bits per heavy atom. The fraction of sp³-hybridized carbons (Fsp3) is 0.136. The Balaban J connectivity index is 1.79. The van der Waals surface area contributed by atoms with Gasteiger partial charge in [0.25, 0.3) is 5.91 Å². The summed E-state index contributed by atoms with van der Waals surface area (Å²) in [5.74, 6) is -0.0833. The number of rotatable bonds is 4. The molecule has 0 N–H and O–H groups in total. The second kappa shape index (κ2) is 7.52. The summed E-state index contributed by atoms with van der Waals surface area (Å²) in [4.78, 5) is 32.1. The first kappa shape index (κ1) is 17.7. The largest absolute Gasteiger partial charge is 0.333 e. The number of carbonyl (C=O) groups excluding carboxylic acids is 1. The highest BCUT2D eigenvalue weighted by atomic mass is 16.2. The topological polar surface area (TPSA) is 71.9 Å². The summed E-state index contributed by atoms with van der Waals surface area (Å²) in [5, 5.41) is 0.826. The number of hydrogen-bond donors (Lipinski definition) is 0. The molecule has 0 saturated carbocycles. The second-order valence-corrected chi connectivity index (χ2v) is 6.53. The van der Waals surface area contributed by atoms with E-state index in [4.69, 9.17) is 4.98 Å². The van der Waals surface area contributed by atoms with Crippen molar-refractivity contribution in [1.82, 2.24) is 24.8 Å². The molecule has 138 valence electrons. The van der Waals surface area contributed by atoms with E-state index in [1.807, 2.05) is 55.5 Å². The lowest BCUT2D eigenvalue weighted by molar-refractivity contribution is 0.0741. The second-order valence-electron chi connectivity index (χ2n) is 6.53. The van der Waals surface area contributed by atoms with Crippen LogP contribution in [0.2, 0.25) is 0 Å². The van der Waals surface area contributed by atoms with Gasteiger partial charge < -0.3 is 4.90 Å². The van der Waals surface area contributed by atoms with Crippen LogP contribution in [0.1, 0.15) is 29.0 Å². The number of amides is 1. The lowest BCUT2D eigenvalue weighted by Gasteiger charge is -2.25. The van der Waals surface area contributed by atoms with Crippen molar-refractivity contribution in [3.05, 3.63) is 84.7 Å². The molecule has 0 spiro atoms. The Hall–Kier alpha value is -3.67. The van der Waals surface area contributed by atoms with Gasteiger partial charge in [-0.05, 0) is 37.3 Å². The van der Waals surface area contributed by atoms with Gasteiger partial charge in [0, 0.05) is 36.6 Å². The molecule has 3 heterocycles. The molecule has 0 saturated heterocycles. The van der Waals surface area contributed by atoms with Gasteiger partial charge in [0.1, 0.15) is 6.33 Å². The number of pyridine rings is 2. The minimum absolute atomic E-state index is 0.0833. The minimum atomic E-state index is -0.188. The molecule has 0 fully saturated rings. The van der Waals surface area contributed by atoms with E-state index in [9.17, 15) is 4.79 Å². The quantitative estimate of drug-likeness (QED) is 0.545. The number of nitrogens with zero attached hydrogens (tertiary/aromatic N) is 5. The van der Waals surface area contributed by atoms with Crippen molar-refractivity contribution in [2.24, 2.45) is 0 Å². The van der Waals surface area contributed by atoms with E-state index in [1.54, 1.807) is 30.5 Å². The van der Waals surface area contributed by atoms with Crippen molar-refractivity contribution in [3.8, 4) is 11.3 Å². The van der Waals surface area contributed by atoms with Gasteiger partial charge in [-0.1, -0.05) is 18.2 Å². The van der Waals surface area contributed by atoms with E-state index in [1.165, 1.54) is 6.33 Å². The Kier molecular flexibility index (Phi) is 4.76. The van der Waals surface area contributed by atoms with Crippen LogP contribution in [0.25, 0.3) is 22.2 Å². The lowest BCUT2D eigenvalue weighted by atomic mass is 10.0. The molecule has 0 radical (unpaired) electrons. The molecule has 4 aromatic rings. The number of benzene rings is 1. The monoisotopic (exact) mass is 369 g/mol. The van der Waals surface area contributed by atoms with Crippen LogP contribution in [0, 0.1) is 0 Å². The summed E-state index contributed by atoms with van der Waals surface area (Å²) in [6, 6.07) is 14.9. The highest BCUT2D eigenvalue weighted by Crippen LogP contribution is 2.27. The number of para-hydroxylation sites is 1. The van der Waals surface area contributed by atoms with Gasteiger partial charge in [0.2, 0.25) is 0 Å². The van der Waals surface area contributed by atoms with Gasteiger partial charge in [-0.2, -0.15) is 0 Å². The maximum Gasteiger partial charge on any atom is 0.254 e. The molecular weight excluding hydrogens is 350 g/mol. The van der Waals surface area contributed by atoms with Crippen LogP contribution in [-0.4, -0.2) is 37.8 Å². The molecule has 0 bridgehead atoms. The molecule has 0 unspecified atom stereocenters. The van der Waals surface area contributed by atoms with E-state index >= 15 is 0 Å². The molecule has 6 heteroatoms. The fourth-order valence-electron chi connectivity index (χ4n) is 3.14. The predicted molar refractivity (Wildman–Crippen MR) is 108 cm³/mol. The summed E-state index contributed by atoms with van der Waals surface area (Å²) < 4.78 is 0. The fourth-order valence-corrected chi connectivity index (χ4v) is 3.14. The summed E-state index contributed by atoms with van der Waals surface area (Å²) in [5.41, 5.74) is 3.84. The third-order valence-corrected chi connectivity index (χ3v) is 4.86. The van der Waals surface area contributed by atoms with Gasteiger partial charge >= 0.3 is 0 Å². The molecule has 1 amide bonds. The molecule has 4 rings (SSSR count). The number of hydrogen-bond acceptors (Lipinski definition) is 5. The van der Waals surface area contributed by atoms with E-state index in [2.05, 4.69) is 15.0 Å². The first-order valence-corrected chi connectivity index (χ1v) is 8.98. The Bertz CT molecular complexity index is 1120. The smallest absolute Gasteiger partial charge is 0.254 e. The van der Waals surface area contributed by atoms with Crippen molar-refractivity contribution in [2.75, 3.05) is 7.05 Å². The molecule has 6 nitrogen and oxygen atoms in total. The first-order valence-electron chi connectivity index (χ1n) is 8.98. The number of aromatic nitrogens is 4. The molecule has 1 aromatic carbocycles. The van der Waals surface area contributed by atoms with Crippen molar-refractivity contribution in [2.45, 2.75) is 13.0 Å². The number of fused-ring (bicyclic) bond motifs is 1. The zero-order valence-corrected chi connectivity index (χ0v) is 15.6. The van der Waals surface area contributed by atoms with Gasteiger partial charge in [-0.25, -0.2) is 15.0 Å². The lowest BCUT2D eigenvalue weighted by Crippen LogP contribution is -2.30. The normalized spacial score (nSPS) is 11.9. The summed E-state index contributed by atoms with van der Waals surface area (Å²) in [6.07, 6.45) is 6.61. The SMILES string of the molecule is C[C@H](c1ccncn1)N(C)C(=O)c1cc(-c2ccncc2)nc2ccccc12. The zero-order valence-electron chi connectivity index (χ0n) is 15.6. The van der Waals surface area contributed by atoms with E-state index in [-0.39, 0.29) is 11.9 Å². The predicted octanol–water partition coefficient (Wildman–Crippen LogP) is 3.92. The number of carbonyl (C=O) groups is 1. The Labute approximate surface area is 162 Å². The molecule has 28 heavy (non-hydrogen) atoms. The minimum Gasteiger partial charge on any atom is -0.333 e. The van der Waals surface area contributed by atoms with Crippen LogP contribution in [0.3, 0.4) is 0 Å². The maximum absolute atomic E-state index is 13.4. The highest BCUT2D eigenvalue weighted by molar-refractivity contribution is 6.07. The molecule has 0 aliphatic rings. The van der Waals surface area contributed by atoms with Crippen LogP contribution in [0.4, 0.5) is 0 Å². The maximum atomic E-state index is 13.4. The summed E-state index contributed by atoms with van der Waals surface area (Å²) >= 11 is 0. The van der Waals surface area contributed by atoms with Gasteiger partial charge in [-0.3, -0.25) is 9.78 Å². The average molecular weight is 369 g/mol. The van der Waals surface area contributed by atoms with Crippen LogP contribution < -0.4 is 0 Å². The van der Waals surface area contributed by atoms with Gasteiger partial charge in [-0.15, -0.1) is 0 Å². The molecule has 0 aliphatic carbocycles. The van der Waals surface area contributed by atoms with E-state index < -0.39 is 0 Å². The van der Waals surface area contributed by atoms with Crippen LogP contribution in [0.5, 0.6) is 0 Å². The molecule has 0 aliphatic heterocycles. The third-order valence-electron chi connectivity index (χ3n) is 4.86. The standard InChI is InChI=1S/C22H19N5O/c1-15(19-9-12-24-14-25-19)27(2)22(28)18-13-21(16-7-10-23-11-8-16)26-20-6-4-3-5-17(18)20/h3-15H,1-2H3/t15-/m1/s1. The first-order chi connectivity index (χ1) is 13.6. The Morgan fingerprint density at radius 2 is 1.75 bits per heavy atom. The summed E-state index contributed by atoms with van der Waals surface area (Å²) in [7, 11) is 1.79. The molecular formula is C22H19N5O.